The second-order valence-electron chi connectivity index (χ2n) is 5.88. The van der Waals surface area contributed by atoms with Crippen molar-refractivity contribution in [2.24, 2.45) is 10.9 Å². The zero-order valence-electron chi connectivity index (χ0n) is 12.3. The number of fused-ring (bicyclic) bond motifs is 1. The number of nitrogen functional groups attached to an aromatic ring is 1. The molecule has 0 unspecified atom stereocenters. The molecule has 1 aromatic rings. The van der Waals surface area contributed by atoms with Crippen LogP contribution in [-0.4, -0.2) is 22.1 Å². The van der Waals surface area contributed by atoms with Crippen molar-refractivity contribution in [3.05, 3.63) is 29.3 Å². The van der Waals surface area contributed by atoms with E-state index in [0.717, 1.165) is 25.3 Å². The quantitative estimate of drug-likeness (QED) is 0.684. The van der Waals surface area contributed by atoms with Gasteiger partial charge in [-0.2, -0.15) is 0 Å². The minimum absolute atomic E-state index is 0.0694. The summed E-state index contributed by atoms with van der Waals surface area (Å²) in [6, 6.07) is 2.09. The SMILES string of the molecule is Nc1cc([C@]23CCCC[C@H]2CSC(NC(=O)O)=N3)c(F)cc1F. The lowest BCUT2D eigenvalue weighted by Gasteiger charge is -2.44. The fourth-order valence-electron chi connectivity index (χ4n) is 3.46. The predicted molar refractivity (Wildman–Crippen MR) is 85.5 cm³/mol. The van der Waals surface area contributed by atoms with Crippen molar-refractivity contribution in [3.63, 3.8) is 0 Å². The maximum atomic E-state index is 14.5. The molecule has 2 aliphatic rings. The number of benzene rings is 1. The molecule has 5 nitrogen and oxygen atoms in total. The van der Waals surface area contributed by atoms with Gasteiger partial charge in [-0.1, -0.05) is 24.6 Å². The first-order valence-electron chi connectivity index (χ1n) is 7.40. The number of rotatable bonds is 1. The Morgan fingerprint density at radius 1 is 1.39 bits per heavy atom. The molecule has 2 atom stereocenters. The van der Waals surface area contributed by atoms with Gasteiger partial charge in [0.25, 0.3) is 0 Å². The van der Waals surface area contributed by atoms with Gasteiger partial charge in [-0.25, -0.2) is 13.6 Å². The number of aliphatic imine (C=N–C) groups is 1. The topological polar surface area (TPSA) is 87.7 Å². The molecule has 124 valence electrons. The largest absolute Gasteiger partial charge is 0.465 e. The van der Waals surface area contributed by atoms with Gasteiger partial charge in [0.1, 0.15) is 11.6 Å². The zero-order valence-corrected chi connectivity index (χ0v) is 13.1. The lowest BCUT2D eigenvalue weighted by atomic mass is 9.69. The monoisotopic (exact) mass is 341 g/mol. The lowest BCUT2D eigenvalue weighted by molar-refractivity contribution is 0.197. The van der Waals surface area contributed by atoms with E-state index >= 15 is 0 Å². The van der Waals surface area contributed by atoms with Gasteiger partial charge in [0, 0.05) is 17.4 Å². The van der Waals surface area contributed by atoms with Crippen molar-refractivity contribution in [2.75, 3.05) is 11.5 Å². The van der Waals surface area contributed by atoms with Gasteiger partial charge in [-0.3, -0.25) is 10.3 Å². The average molecular weight is 341 g/mol. The van der Waals surface area contributed by atoms with Crippen molar-refractivity contribution in [1.82, 2.24) is 5.32 Å². The van der Waals surface area contributed by atoms with Crippen molar-refractivity contribution < 1.29 is 18.7 Å². The number of nitrogens with two attached hydrogens (primary N) is 1. The molecule has 0 bridgehead atoms. The Morgan fingerprint density at radius 3 is 2.91 bits per heavy atom. The summed E-state index contributed by atoms with van der Waals surface area (Å²) in [6.45, 7) is 0. The number of anilines is 1. The molecular weight excluding hydrogens is 324 g/mol. The van der Waals surface area contributed by atoms with Crippen molar-refractivity contribution in [3.8, 4) is 0 Å². The molecule has 0 aromatic heterocycles. The number of halogens is 2. The highest BCUT2D eigenvalue weighted by atomic mass is 32.2. The summed E-state index contributed by atoms with van der Waals surface area (Å²) in [6.07, 6.45) is 2.11. The Morgan fingerprint density at radius 2 is 2.17 bits per heavy atom. The number of amidine groups is 1. The molecule has 3 rings (SSSR count). The Balaban J connectivity index is 2.12. The number of hydrogen-bond donors (Lipinski definition) is 3. The molecule has 8 heteroatoms. The van der Waals surface area contributed by atoms with E-state index in [4.69, 9.17) is 10.8 Å². The molecule has 0 saturated heterocycles. The minimum Gasteiger partial charge on any atom is -0.465 e. The first kappa shape index (κ1) is 16.0. The predicted octanol–water partition coefficient (Wildman–Crippen LogP) is 3.30. The maximum absolute atomic E-state index is 14.5. The molecular formula is C15H17F2N3O2S. The first-order valence-corrected chi connectivity index (χ1v) is 8.38. The average Bonchev–Trinajstić information content (AvgIpc) is 2.50. The van der Waals surface area contributed by atoms with E-state index in [-0.39, 0.29) is 22.3 Å². The summed E-state index contributed by atoms with van der Waals surface area (Å²) in [7, 11) is 0. The second kappa shape index (κ2) is 5.99. The molecule has 4 N–H and O–H groups in total. The van der Waals surface area contributed by atoms with Crippen LogP contribution in [0.3, 0.4) is 0 Å². The van der Waals surface area contributed by atoms with E-state index in [9.17, 15) is 13.6 Å². The Hall–Kier alpha value is -1.83. The van der Waals surface area contributed by atoms with Crippen molar-refractivity contribution in [1.29, 1.82) is 0 Å². The third kappa shape index (κ3) is 2.87. The fraction of sp³-hybridized carbons (Fsp3) is 0.467. The molecule has 1 aliphatic carbocycles. The molecule has 23 heavy (non-hydrogen) atoms. The molecule has 0 spiro atoms. The summed E-state index contributed by atoms with van der Waals surface area (Å²) in [5.74, 6) is -0.780. The standard InChI is InChI=1S/C15H17F2N3O2S/c16-10-6-11(17)12(18)5-9(10)15-4-2-1-3-8(15)7-23-13(20-15)19-14(21)22/h5-6,8H,1-4,7,18H2,(H,19,20)(H,21,22)/t8-,15-/m0/s1. The van der Waals surface area contributed by atoms with E-state index in [1.54, 1.807) is 0 Å². The summed E-state index contributed by atoms with van der Waals surface area (Å²) in [4.78, 5) is 15.4. The van der Waals surface area contributed by atoms with Crippen LogP contribution in [0.4, 0.5) is 19.3 Å². The summed E-state index contributed by atoms with van der Waals surface area (Å²) in [5, 5.41) is 11.4. The summed E-state index contributed by atoms with van der Waals surface area (Å²) >= 11 is 1.31. The van der Waals surface area contributed by atoms with E-state index in [1.807, 2.05) is 0 Å². The molecule has 0 radical (unpaired) electrons. The van der Waals surface area contributed by atoms with Crippen LogP contribution in [0.2, 0.25) is 0 Å². The van der Waals surface area contributed by atoms with Gasteiger partial charge >= 0.3 is 6.09 Å². The highest BCUT2D eigenvalue weighted by Crippen LogP contribution is 2.50. The van der Waals surface area contributed by atoms with E-state index < -0.39 is 23.3 Å². The highest BCUT2D eigenvalue weighted by molar-refractivity contribution is 8.13. The minimum atomic E-state index is -1.21. The lowest BCUT2D eigenvalue weighted by Crippen LogP contribution is -2.44. The molecule has 1 amide bonds. The van der Waals surface area contributed by atoms with E-state index in [1.165, 1.54) is 17.8 Å². The number of thioether (sulfide) groups is 1. The van der Waals surface area contributed by atoms with E-state index in [2.05, 4.69) is 10.3 Å². The number of hydrogen-bond acceptors (Lipinski definition) is 4. The van der Waals surface area contributed by atoms with Gasteiger partial charge in [0.2, 0.25) is 0 Å². The van der Waals surface area contributed by atoms with Crippen LogP contribution in [0.5, 0.6) is 0 Å². The smallest absolute Gasteiger partial charge is 0.410 e. The van der Waals surface area contributed by atoms with Crippen LogP contribution >= 0.6 is 11.8 Å². The van der Waals surface area contributed by atoms with Crippen LogP contribution in [0.1, 0.15) is 31.2 Å². The maximum Gasteiger partial charge on any atom is 0.410 e. The summed E-state index contributed by atoms with van der Waals surface area (Å²) < 4.78 is 28.0. The number of carbonyl (C=O) groups is 1. The highest BCUT2D eigenvalue weighted by Gasteiger charge is 2.46. The molecule has 1 heterocycles. The van der Waals surface area contributed by atoms with Gasteiger partial charge in [0.15, 0.2) is 5.17 Å². The van der Waals surface area contributed by atoms with Crippen molar-refractivity contribution >= 4 is 28.7 Å². The molecule has 1 aliphatic heterocycles. The van der Waals surface area contributed by atoms with E-state index in [0.29, 0.717) is 12.2 Å². The van der Waals surface area contributed by atoms with Crippen molar-refractivity contribution in [2.45, 2.75) is 31.2 Å². The van der Waals surface area contributed by atoms with Gasteiger partial charge in [0.05, 0.1) is 11.2 Å². The number of nitrogens with one attached hydrogen (secondary N) is 1. The number of nitrogens with zero attached hydrogens (tertiary/aromatic N) is 1. The van der Waals surface area contributed by atoms with Gasteiger partial charge in [-0.05, 0) is 24.8 Å². The Kier molecular flexibility index (Phi) is 4.18. The third-order valence-corrected chi connectivity index (χ3v) is 5.56. The molecule has 1 fully saturated rings. The van der Waals surface area contributed by atoms with Gasteiger partial charge in [-0.15, -0.1) is 0 Å². The first-order chi connectivity index (χ1) is 10.9. The zero-order chi connectivity index (χ0) is 16.6. The van der Waals surface area contributed by atoms with Crippen LogP contribution in [0.15, 0.2) is 17.1 Å². The summed E-state index contributed by atoms with van der Waals surface area (Å²) in [5.41, 5.74) is 4.88. The molecule has 1 saturated carbocycles. The van der Waals surface area contributed by atoms with Gasteiger partial charge < -0.3 is 10.8 Å². The number of amides is 1. The van der Waals surface area contributed by atoms with Crippen LogP contribution < -0.4 is 11.1 Å². The normalized spacial score (nSPS) is 27.0. The third-order valence-electron chi connectivity index (χ3n) is 4.52. The van der Waals surface area contributed by atoms with Crippen LogP contribution in [-0.2, 0) is 5.54 Å². The van der Waals surface area contributed by atoms with Crippen LogP contribution in [0.25, 0.3) is 0 Å². The Bertz CT molecular complexity index is 683. The second-order valence-corrected chi connectivity index (χ2v) is 6.89. The molecule has 1 aromatic carbocycles. The van der Waals surface area contributed by atoms with Crippen LogP contribution in [0, 0.1) is 17.6 Å². The number of carboxylic acid groups (broad SMARTS) is 1. The Labute approximate surface area is 136 Å². The fourth-order valence-corrected chi connectivity index (χ4v) is 4.65.